The normalized spacial score (nSPS) is 16.1. The Balaban J connectivity index is 1.99. The molecule has 1 aliphatic rings. The van der Waals surface area contributed by atoms with E-state index in [0.29, 0.717) is 24.9 Å². The number of carbonyl (C=O) groups is 1. The average Bonchev–Trinajstić information content (AvgIpc) is 2.68. The topological polar surface area (TPSA) is 110 Å². The van der Waals surface area contributed by atoms with Crippen molar-refractivity contribution < 1.29 is 26.4 Å². The Labute approximate surface area is 177 Å². The zero-order chi connectivity index (χ0) is 21.9. The number of benzene rings is 2. The van der Waals surface area contributed by atoms with E-state index >= 15 is 0 Å². The minimum atomic E-state index is -4.08. The minimum absolute atomic E-state index is 0.0308. The quantitative estimate of drug-likeness (QED) is 0.647. The predicted octanol–water partition coefficient (Wildman–Crippen LogP) is 3.02. The maximum absolute atomic E-state index is 13.1. The van der Waals surface area contributed by atoms with Gasteiger partial charge in [-0.2, -0.15) is 0 Å². The van der Waals surface area contributed by atoms with E-state index in [9.17, 15) is 21.6 Å². The number of ketones is 1. The summed E-state index contributed by atoms with van der Waals surface area (Å²) in [5, 5.41) is 0. The molecule has 30 heavy (non-hydrogen) atoms. The molecule has 0 bridgehead atoms. The van der Waals surface area contributed by atoms with Gasteiger partial charge in [0.1, 0.15) is 10.6 Å². The summed E-state index contributed by atoms with van der Waals surface area (Å²) in [4.78, 5) is 11.3. The van der Waals surface area contributed by atoms with Crippen molar-refractivity contribution in [3.8, 4) is 5.75 Å². The summed E-state index contributed by atoms with van der Waals surface area (Å²) in [7, 11) is -7.57. The van der Waals surface area contributed by atoms with E-state index < -0.39 is 20.0 Å². The number of Topliss-reactive ketones (excluding diaryl/α,β-unsaturated/α-hetero) is 1. The molecule has 2 aromatic rings. The number of sulfonamides is 2. The Morgan fingerprint density at radius 3 is 2.43 bits per heavy atom. The molecule has 3 rings (SSSR count). The van der Waals surface area contributed by atoms with Gasteiger partial charge < -0.3 is 4.74 Å². The predicted molar refractivity (Wildman–Crippen MR) is 115 cm³/mol. The van der Waals surface area contributed by atoms with Gasteiger partial charge in [-0.25, -0.2) is 16.8 Å². The lowest BCUT2D eigenvalue weighted by Crippen LogP contribution is -2.37. The average molecular weight is 453 g/mol. The molecule has 1 fully saturated rings. The molecule has 0 spiro atoms. The number of hydrogen-bond acceptors (Lipinski definition) is 6. The van der Waals surface area contributed by atoms with Crippen LogP contribution < -0.4 is 13.8 Å². The Hall–Kier alpha value is -2.59. The second kappa shape index (κ2) is 8.65. The maximum atomic E-state index is 13.1. The molecule has 1 aliphatic heterocycles. The molecule has 162 valence electrons. The number of nitrogens with one attached hydrogen (secondary N) is 1. The number of hydrogen-bond donors (Lipinski definition) is 1. The van der Waals surface area contributed by atoms with Crippen LogP contribution in [0.25, 0.3) is 0 Å². The Bertz CT molecular complexity index is 1140. The summed E-state index contributed by atoms with van der Waals surface area (Å²) >= 11 is 0. The van der Waals surface area contributed by atoms with Crippen LogP contribution in [0.3, 0.4) is 0 Å². The Morgan fingerprint density at radius 2 is 1.83 bits per heavy atom. The SMILES string of the molecule is CCOc1ccc(N2CCCCS2(=O)=O)cc1S(=O)(=O)Nc1ccc(C(C)=O)cc1. The third kappa shape index (κ3) is 4.76. The standard InChI is InChI=1S/C20H24N2O6S2/c1-3-28-19-11-10-18(22-12-4-5-13-29(22,24)25)14-20(19)30(26,27)21-17-8-6-16(7-9-17)15(2)23/h6-11,14,21H,3-5,12-13H2,1-2H3. The summed E-state index contributed by atoms with van der Waals surface area (Å²) in [5.41, 5.74) is 1.02. The summed E-state index contributed by atoms with van der Waals surface area (Å²) in [6.07, 6.45) is 1.29. The highest BCUT2D eigenvalue weighted by molar-refractivity contribution is 7.93. The maximum Gasteiger partial charge on any atom is 0.265 e. The molecule has 0 atom stereocenters. The summed E-state index contributed by atoms with van der Waals surface area (Å²) in [6.45, 7) is 3.70. The van der Waals surface area contributed by atoms with Crippen molar-refractivity contribution in [2.45, 2.75) is 31.6 Å². The fraction of sp³-hybridized carbons (Fsp3) is 0.350. The molecule has 0 aromatic heterocycles. The molecule has 0 saturated carbocycles. The minimum Gasteiger partial charge on any atom is -0.492 e. The van der Waals surface area contributed by atoms with E-state index in [0.717, 1.165) is 0 Å². The fourth-order valence-electron chi connectivity index (χ4n) is 3.20. The van der Waals surface area contributed by atoms with Crippen LogP contribution in [-0.4, -0.2) is 41.5 Å². The van der Waals surface area contributed by atoms with Crippen LogP contribution in [0.4, 0.5) is 11.4 Å². The van der Waals surface area contributed by atoms with Crippen LogP contribution in [0, 0.1) is 0 Å². The van der Waals surface area contributed by atoms with Crippen molar-refractivity contribution in [3.63, 3.8) is 0 Å². The first kappa shape index (κ1) is 22.1. The Kier molecular flexibility index (Phi) is 6.37. The first-order valence-corrected chi connectivity index (χ1v) is 12.6. The van der Waals surface area contributed by atoms with Gasteiger partial charge in [0, 0.05) is 17.8 Å². The van der Waals surface area contributed by atoms with Gasteiger partial charge in [-0.1, -0.05) is 0 Å². The zero-order valence-corrected chi connectivity index (χ0v) is 18.4. The molecule has 1 N–H and O–H groups in total. The molecule has 0 radical (unpaired) electrons. The number of ether oxygens (including phenoxy) is 1. The van der Waals surface area contributed by atoms with Crippen LogP contribution in [-0.2, 0) is 20.0 Å². The lowest BCUT2D eigenvalue weighted by atomic mass is 10.1. The fourth-order valence-corrected chi connectivity index (χ4v) is 6.05. The van der Waals surface area contributed by atoms with Gasteiger partial charge in [0.15, 0.2) is 5.78 Å². The number of nitrogens with zero attached hydrogens (tertiary/aromatic N) is 1. The monoisotopic (exact) mass is 452 g/mol. The van der Waals surface area contributed by atoms with E-state index in [1.165, 1.54) is 47.6 Å². The van der Waals surface area contributed by atoms with Gasteiger partial charge in [0.2, 0.25) is 10.0 Å². The highest BCUT2D eigenvalue weighted by Gasteiger charge is 2.29. The van der Waals surface area contributed by atoms with Crippen molar-refractivity contribution in [1.29, 1.82) is 0 Å². The largest absolute Gasteiger partial charge is 0.492 e. The van der Waals surface area contributed by atoms with Crippen molar-refractivity contribution in [3.05, 3.63) is 48.0 Å². The van der Waals surface area contributed by atoms with Crippen molar-refractivity contribution in [2.24, 2.45) is 0 Å². The van der Waals surface area contributed by atoms with Gasteiger partial charge >= 0.3 is 0 Å². The lowest BCUT2D eigenvalue weighted by molar-refractivity contribution is 0.101. The highest BCUT2D eigenvalue weighted by Crippen LogP contribution is 2.33. The van der Waals surface area contributed by atoms with E-state index in [2.05, 4.69) is 4.72 Å². The third-order valence-electron chi connectivity index (χ3n) is 4.70. The molecule has 1 heterocycles. The van der Waals surface area contributed by atoms with E-state index in [1.807, 2.05) is 0 Å². The molecule has 2 aromatic carbocycles. The van der Waals surface area contributed by atoms with Crippen molar-refractivity contribution in [1.82, 2.24) is 0 Å². The molecule has 0 aliphatic carbocycles. The molecule has 0 unspecified atom stereocenters. The number of carbonyl (C=O) groups excluding carboxylic acids is 1. The molecule has 0 amide bonds. The molecular formula is C20H24N2O6S2. The van der Waals surface area contributed by atoms with Gasteiger partial charge in [0.05, 0.1) is 18.0 Å². The number of rotatable bonds is 7. The van der Waals surface area contributed by atoms with Gasteiger partial charge in [-0.15, -0.1) is 0 Å². The van der Waals surface area contributed by atoms with E-state index in [4.69, 9.17) is 4.74 Å². The molecule has 1 saturated heterocycles. The van der Waals surface area contributed by atoms with E-state index in [-0.39, 0.29) is 40.2 Å². The lowest BCUT2D eigenvalue weighted by Gasteiger charge is -2.28. The van der Waals surface area contributed by atoms with Crippen LogP contribution >= 0.6 is 0 Å². The Morgan fingerprint density at radius 1 is 1.13 bits per heavy atom. The van der Waals surface area contributed by atoms with Crippen molar-refractivity contribution >= 4 is 37.2 Å². The summed E-state index contributed by atoms with van der Waals surface area (Å²) in [5.74, 6) is 0.0326. The second-order valence-electron chi connectivity index (χ2n) is 6.90. The third-order valence-corrected chi connectivity index (χ3v) is 7.97. The van der Waals surface area contributed by atoms with Crippen LogP contribution in [0.1, 0.15) is 37.0 Å². The first-order valence-electron chi connectivity index (χ1n) is 9.55. The number of anilines is 2. The van der Waals surface area contributed by atoms with Crippen LogP contribution in [0.5, 0.6) is 5.75 Å². The smallest absolute Gasteiger partial charge is 0.265 e. The van der Waals surface area contributed by atoms with Gasteiger partial charge in [-0.3, -0.25) is 13.8 Å². The molecular weight excluding hydrogens is 428 g/mol. The van der Waals surface area contributed by atoms with Gasteiger partial charge in [0.25, 0.3) is 10.0 Å². The summed E-state index contributed by atoms with van der Waals surface area (Å²) in [6, 6.07) is 10.4. The molecule has 8 nitrogen and oxygen atoms in total. The van der Waals surface area contributed by atoms with Crippen LogP contribution in [0.2, 0.25) is 0 Å². The highest BCUT2D eigenvalue weighted by atomic mass is 32.2. The van der Waals surface area contributed by atoms with Crippen LogP contribution in [0.15, 0.2) is 47.4 Å². The first-order chi connectivity index (χ1) is 14.1. The summed E-state index contributed by atoms with van der Waals surface area (Å²) < 4.78 is 60.2. The zero-order valence-electron chi connectivity index (χ0n) is 16.8. The van der Waals surface area contributed by atoms with Crippen molar-refractivity contribution in [2.75, 3.05) is 27.9 Å². The van der Waals surface area contributed by atoms with Gasteiger partial charge in [-0.05, 0) is 69.2 Å². The van der Waals surface area contributed by atoms with E-state index in [1.54, 1.807) is 13.0 Å². The molecule has 10 heteroatoms. The second-order valence-corrected chi connectivity index (χ2v) is 10.6.